The van der Waals surface area contributed by atoms with Gasteiger partial charge in [0.25, 0.3) is 11.8 Å². The summed E-state index contributed by atoms with van der Waals surface area (Å²) >= 11 is 3.16. The molecule has 0 bridgehead atoms. The summed E-state index contributed by atoms with van der Waals surface area (Å²) in [4.78, 5) is 99.4. The predicted molar refractivity (Wildman–Crippen MR) is 314 cm³/mol. The number of β-amino-alcohol motifs (C(OH)–C–C–N with tert-alkyl or cyclic N) is 2. The number of hydrogen-bond donors (Lipinski definition) is 5. The Balaban J connectivity index is 0.000000208. The molecule has 2 saturated heterocycles. The van der Waals surface area contributed by atoms with Crippen LogP contribution in [0.3, 0.4) is 0 Å². The van der Waals surface area contributed by atoms with Crippen LogP contribution in [0, 0.1) is 58.2 Å². The molecule has 6 aliphatic rings. The Labute approximate surface area is 492 Å². The summed E-state index contributed by atoms with van der Waals surface area (Å²) in [6.45, 7) is 19.3. The van der Waals surface area contributed by atoms with Gasteiger partial charge in [0.1, 0.15) is 11.5 Å². The van der Waals surface area contributed by atoms with E-state index in [1.807, 2.05) is 129 Å². The third kappa shape index (κ3) is 12.5. The number of amides is 5. The minimum Gasteiger partial charge on any atom is -0.480 e. The molecule has 82 heavy (non-hydrogen) atoms. The topological polar surface area (TPSA) is 306 Å². The van der Waals surface area contributed by atoms with Crippen LogP contribution in [0.15, 0.2) is 69.5 Å². The molecule has 5 amide bonds. The number of aliphatic carboxylic acids is 1. The zero-order valence-electron chi connectivity index (χ0n) is 48.0. The molecule has 10 rings (SSSR count). The van der Waals surface area contributed by atoms with Gasteiger partial charge in [0.2, 0.25) is 17.7 Å². The summed E-state index contributed by atoms with van der Waals surface area (Å²) in [5.41, 5.74) is 12.1. The van der Waals surface area contributed by atoms with Gasteiger partial charge in [0, 0.05) is 50.2 Å². The van der Waals surface area contributed by atoms with Crippen molar-refractivity contribution in [2.24, 2.45) is 37.4 Å². The number of nitriles is 2. The highest BCUT2D eigenvalue weighted by Gasteiger charge is 2.55. The zero-order valence-corrected chi connectivity index (χ0v) is 50.4. The third-order valence-electron chi connectivity index (χ3n) is 16.8. The fourth-order valence-corrected chi connectivity index (χ4v) is 12.5. The molecule has 8 atom stereocenters. The first kappa shape index (κ1) is 63.0. The molecule has 2 aromatic heterocycles. The lowest BCUT2D eigenvalue weighted by Crippen LogP contribution is -2.57. The molecule has 6 heterocycles. The first-order valence-electron chi connectivity index (χ1n) is 27.3. The number of aliphatic hydroxyl groups is 2. The Hall–Kier alpha value is -6.59. The van der Waals surface area contributed by atoms with Gasteiger partial charge in [-0.25, -0.2) is 20.0 Å². The number of carboxylic acids is 1. The van der Waals surface area contributed by atoms with E-state index < -0.39 is 80.7 Å². The summed E-state index contributed by atoms with van der Waals surface area (Å²) in [5, 5.41) is 49.7. The Morgan fingerprint density at radius 1 is 0.683 bits per heavy atom. The van der Waals surface area contributed by atoms with Crippen molar-refractivity contribution in [3.63, 3.8) is 0 Å². The quantitative estimate of drug-likeness (QED) is 0.0976. The van der Waals surface area contributed by atoms with E-state index in [9.17, 15) is 44.2 Å². The fraction of sp³-hybridized carbons (Fsp3) is 0.533. The van der Waals surface area contributed by atoms with Crippen molar-refractivity contribution in [1.82, 2.24) is 25.1 Å². The summed E-state index contributed by atoms with van der Waals surface area (Å²) in [6.07, 6.45) is 1.97. The molecule has 4 aromatic rings. The maximum absolute atomic E-state index is 13.9. The highest BCUT2D eigenvalue weighted by molar-refractivity contribution is 7.13. The first-order valence-corrected chi connectivity index (χ1v) is 29.0. The molecular formula is C60H73ClN10O9S2. The molecule has 22 heteroatoms. The van der Waals surface area contributed by atoms with Crippen molar-refractivity contribution in [2.45, 2.75) is 168 Å². The van der Waals surface area contributed by atoms with E-state index in [1.54, 1.807) is 38.5 Å². The van der Waals surface area contributed by atoms with Gasteiger partial charge in [0.05, 0.1) is 85.5 Å². The number of aliphatic imine (C=N–C) groups is 2. The Bertz CT molecular complexity index is 3290. The number of likely N-dealkylation sites (tertiary alicyclic amines) is 2. The lowest BCUT2D eigenvalue weighted by Gasteiger charge is -2.36. The molecule has 4 aliphatic heterocycles. The minimum absolute atomic E-state index is 0. The molecular weight excluding hydrogens is 1100 g/mol. The van der Waals surface area contributed by atoms with Gasteiger partial charge >= 0.3 is 5.97 Å². The van der Waals surface area contributed by atoms with E-state index in [2.05, 4.69) is 31.3 Å². The minimum atomic E-state index is -1.06. The average Bonchev–Trinajstić information content (AvgIpc) is 2.81. The number of carbonyl (C=O) groups is 6. The molecule has 2 aromatic carbocycles. The number of aryl methyl sites for hydroxylation is 2. The summed E-state index contributed by atoms with van der Waals surface area (Å²) in [5.74, 6) is -2.45. The molecule has 2 saturated carbocycles. The van der Waals surface area contributed by atoms with Crippen LogP contribution < -0.4 is 11.1 Å². The molecule has 436 valence electrons. The van der Waals surface area contributed by atoms with Gasteiger partial charge < -0.3 is 36.2 Å². The van der Waals surface area contributed by atoms with Crippen molar-refractivity contribution in [1.29, 1.82) is 10.5 Å². The van der Waals surface area contributed by atoms with Crippen LogP contribution in [0.4, 0.5) is 0 Å². The van der Waals surface area contributed by atoms with Gasteiger partial charge in [-0.1, -0.05) is 90.1 Å². The SMILES string of the molecule is Cc1ncsc1-c1ccc([C@]2(C)CC(C3C[C@@H](O)CN3C(=O)[C@@H](N)C(C)(C)C)=NC2=O)cc1.Cc1ncsc1-c1ccc([C@]2(C)CC(C3C[C@@H](O)CN3C(=O)[C@@H](NC(=O)C3(C#N)CC3)C(C)(C)C)=NC2=O)cc1.Cl.N#CC1(C(=O)O)CC1. The van der Waals surface area contributed by atoms with E-state index in [4.69, 9.17) is 16.1 Å². The highest BCUT2D eigenvalue weighted by atomic mass is 35.5. The van der Waals surface area contributed by atoms with Crippen molar-refractivity contribution >= 4 is 82.0 Å². The van der Waals surface area contributed by atoms with Gasteiger partial charge in [-0.05, 0) is 86.5 Å². The number of carbonyl (C=O) groups excluding carboxylic acids is 5. The normalized spacial score (nSPS) is 25.6. The van der Waals surface area contributed by atoms with Crippen LogP contribution in [0.25, 0.3) is 20.9 Å². The number of aromatic nitrogens is 2. The van der Waals surface area contributed by atoms with Crippen LogP contribution in [-0.2, 0) is 39.6 Å². The number of thiazole rings is 2. The lowest BCUT2D eigenvalue weighted by molar-refractivity contribution is -0.141. The summed E-state index contributed by atoms with van der Waals surface area (Å²) < 4.78 is 0. The molecule has 6 N–H and O–H groups in total. The second-order valence-corrected chi connectivity index (χ2v) is 26.8. The van der Waals surface area contributed by atoms with Crippen molar-refractivity contribution in [3.05, 3.63) is 82.1 Å². The number of hydrogen-bond acceptors (Lipinski definition) is 15. The molecule has 19 nitrogen and oxygen atoms in total. The molecule has 4 fully saturated rings. The molecule has 2 aliphatic carbocycles. The largest absolute Gasteiger partial charge is 0.480 e. The maximum atomic E-state index is 13.9. The van der Waals surface area contributed by atoms with E-state index in [1.165, 1.54) is 0 Å². The number of nitrogens with one attached hydrogen (secondary N) is 1. The van der Waals surface area contributed by atoms with Crippen LogP contribution >= 0.6 is 35.1 Å². The Kier molecular flexibility index (Phi) is 18.1. The van der Waals surface area contributed by atoms with Gasteiger partial charge in [0.15, 0.2) is 5.41 Å². The van der Waals surface area contributed by atoms with Crippen molar-refractivity contribution < 1.29 is 44.1 Å². The average molecular weight is 1180 g/mol. The summed E-state index contributed by atoms with van der Waals surface area (Å²) in [6, 6.07) is 17.2. The monoisotopic (exact) mass is 1180 g/mol. The van der Waals surface area contributed by atoms with Crippen LogP contribution in [0.5, 0.6) is 0 Å². The fourth-order valence-electron chi connectivity index (χ4n) is 10.8. The van der Waals surface area contributed by atoms with E-state index in [-0.39, 0.29) is 55.5 Å². The predicted octanol–water partition coefficient (Wildman–Crippen LogP) is 7.42. The smallest absolute Gasteiger partial charge is 0.324 e. The number of nitrogens with two attached hydrogens (primary N) is 1. The van der Waals surface area contributed by atoms with Crippen molar-refractivity contribution in [3.8, 4) is 33.0 Å². The second-order valence-electron chi connectivity index (χ2n) is 25.1. The number of aliphatic hydroxyl groups excluding tert-OH is 2. The molecule has 0 spiro atoms. The molecule has 2 unspecified atom stereocenters. The maximum Gasteiger partial charge on any atom is 0.324 e. The van der Waals surface area contributed by atoms with Crippen LogP contribution in [-0.4, -0.2) is 131 Å². The van der Waals surface area contributed by atoms with Crippen LogP contribution in [0.2, 0.25) is 0 Å². The highest BCUT2D eigenvalue weighted by Crippen LogP contribution is 2.47. The zero-order chi connectivity index (χ0) is 59.4. The van der Waals surface area contributed by atoms with E-state index in [0.29, 0.717) is 56.4 Å². The Morgan fingerprint density at radius 3 is 1.38 bits per heavy atom. The number of halogens is 1. The second kappa shape index (κ2) is 23.6. The van der Waals surface area contributed by atoms with Gasteiger partial charge in [-0.3, -0.25) is 28.8 Å². The third-order valence-corrected chi connectivity index (χ3v) is 18.8. The molecule has 0 radical (unpaired) electrons. The van der Waals surface area contributed by atoms with E-state index >= 15 is 0 Å². The number of benzene rings is 2. The standard InChI is InChI=1S/C30H35N5O4S.C25H32N4O3S.C5H5NO2.ClH/c1-17-23(40-16-32-17)18-6-8-19(9-7-18)29(5)13-21(33-26(29)38)22-12-20(36)14-35(22)25(37)24(28(2,3)4)34-27(39)30(15-31)10-11-30;1-14-20(33-13-27-14)15-6-8-16(9-7-15)25(5)11-18(28-23(25)32)19-10-17(30)12-29(19)22(31)21(26)24(2,3)4;6-3-5(1-2-5)4(7)8;/h6-9,16,20,22,24,36H,10-14H2,1-5H3,(H,34,39);6-9,13,17,19,21,30H,10-12,26H2,1-5H3;1-2H2,(H,7,8);1H/t20-,22?,24-,29+;17-,19?,21-,25+;;/m11../s1. The Morgan fingerprint density at radius 2 is 1.07 bits per heavy atom. The van der Waals surface area contributed by atoms with Crippen LogP contribution in [0.1, 0.15) is 129 Å². The van der Waals surface area contributed by atoms with Gasteiger partial charge in [-0.2, -0.15) is 10.5 Å². The number of nitrogens with zero attached hydrogens (tertiary/aromatic N) is 8. The lowest BCUT2D eigenvalue weighted by atomic mass is 9.78. The van der Waals surface area contributed by atoms with Gasteiger partial charge in [-0.15, -0.1) is 35.1 Å². The van der Waals surface area contributed by atoms with Crippen molar-refractivity contribution in [2.75, 3.05) is 13.1 Å². The first-order chi connectivity index (χ1) is 37.9. The van der Waals surface area contributed by atoms with E-state index in [0.717, 1.165) is 43.4 Å². The number of carboxylic acid groups (broad SMARTS) is 1. The summed E-state index contributed by atoms with van der Waals surface area (Å²) in [7, 11) is 0. The number of rotatable bonds is 11.